The van der Waals surface area contributed by atoms with Crippen LogP contribution in [0.15, 0.2) is 36.5 Å². The van der Waals surface area contributed by atoms with E-state index in [1.807, 2.05) is 44.2 Å². The molecule has 1 N–H and O–H groups in total. The molecule has 0 fully saturated rings. The van der Waals surface area contributed by atoms with Crippen LogP contribution >= 0.6 is 0 Å². The van der Waals surface area contributed by atoms with Gasteiger partial charge in [0.15, 0.2) is 0 Å². The molecular weight excluding hydrogens is 268 g/mol. The Morgan fingerprint density at radius 1 is 1.33 bits per heavy atom. The van der Waals surface area contributed by atoms with Gasteiger partial charge in [-0.3, -0.25) is 10.1 Å². The van der Waals surface area contributed by atoms with Crippen molar-refractivity contribution < 1.29 is 9.53 Å². The second-order valence-electron chi connectivity index (χ2n) is 5.09. The number of benzene rings is 1. The van der Waals surface area contributed by atoms with Gasteiger partial charge in [-0.2, -0.15) is 15.0 Å². The summed E-state index contributed by atoms with van der Waals surface area (Å²) in [5.74, 6) is -0.123. The maximum Gasteiger partial charge on any atom is 0.323 e. The molecule has 0 bridgehead atoms. The van der Waals surface area contributed by atoms with E-state index in [9.17, 15) is 4.79 Å². The molecule has 0 aliphatic carbocycles. The number of carbonyl (C=O) groups is 1. The summed E-state index contributed by atoms with van der Waals surface area (Å²) in [5.41, 5.74) is 1.67. The van der Waals surface area contributed by atoms with Gasteiger partial charge in [0.2, 0.25) is 0 Å². The highest BCUT2D eigenvalue weighted by molar-refractivity contribution is 5.75. The van der Waals surface area contributed by atoms with Gasteiger partial charge >= 0.3 is 5.97 Å². The third-order valence-corrected chi connectivity index (χ3v) is 3.15. The summed E-state index contributed by atoms with van der Waals surface area (Å²) in [6.45, 7) is 4.40. The number of hydrogen-bond donors (Lipinski definition) is 1. The lowest BCUT2D eigenvalue weighted by molar-refractivity contribution is -0.144. The molecule has 0 unspecified atom stereocenters. The molecule has 6 heteroatoms. The van der Waals surface area contributed by atoms with Gasteiger partial charge in [-0.05, 0) is 18.1 Å². The smallest absolute Gasteiger partial charge is 0.323 e. The zero-order valence-corrected chi connectivity index (χ0v) is 12.5. The number of aromatic nitrogens is 3. The first-order valence-electron chi connectivity index (χ1n) is 6.89. The second-order valence-corrected chi connectivity index (χ2v) is 5.09. The minimum atomic E-state index is -0.350. The summed E-state index contributed by atoms with van der Waals surface area (Å²) in [5, 5.41) is 11.8. The van der Waals surface area contributed by atoms with Crippen molar-refractivity contribution in [3.8, 4) is 5.69 Å². The average Bonchev–Trinajstić information content (AvgIpc) is 2.96. The third kappa shape index (κ3) is 3.88. The van der Waals surface area contributed by atoms with E-state index in [4.69, 9.17) is 4.74 Å². The predicted molar refractivity (Wildman–Crippen MR) is 78.8 cm³/mol. The van der Waals surface area contributed by atoms with E-state index in [0.717, 1.165) is 11.4 Å². The molecule has 1 aromatic carbocycles. The Kier molecular flexibility index (Phi) is 5.05. The Morgan fingerprint density at radius 3 is 2.67 bits per heavy atom. The van der Waals surface area contributed by atoms with Gasteiger partial charge in [0.25, 0.3) is 0 Å². The van der Waals surface area contributed by atoms with E-state index >= 15 is 0 Å². The first-order chi connectivity index (χ1) is 10.1. The SMILES string of the molecule is COC(=O)[C@@H](NCc1cnn(-c2ccccc2)n1)C(C)C. The lowest BCUT2D eigenvalue weighted by Crippen LogP contribution is -2.41. The van der Waals surface area contributed by atoms with Gasteiger partial charge < -0.3 is 4.74 Å². The first-order valence-corrected chi connectivity index (χ1v) is 6.89. The molecule has 2 rings (SSSR count). The molecule has 0 aliphatic heterocycles. The lowest BCUT2D eigenvalue weighted by atomic mass is 10.0. The van der Waals surface area contributed by atoms with Crippen LogP contribution in [0.25, 0.3) is 5.69 Å². The molecule has 1 aromatic heterocycles. The van der Waals surface area contributed by atoms with Crippen molar-refractivity contribution in [3.63, 3.8) is 0 Å². The monoisotopic (exact) mass is 288 g/mol. The van der Waals surface area contributed by atoms with Gasteiger partial charge in [0.05, 0.1) is 24.7 Å². The van der Waals surface area contributed by atoms with Crippen molar-refractivity contribution >= 4 is 5.97 Å². The molecule has 1 heterocycles. The fourth-order valence-corrected chi connectivity index (χ4v) is 1.99. The van der Waals surface area contributed by atoms with Crippen LogP contribution < -0.4 is 5.32 Å². The zero-order valence-electron chi connectivity index (χ0n) is 12.5. The zero-order chi connectivity index (χ0) is 15.2. The summed E-state index contributed by atoms with van der Waals surface area (Å²) in [7, 11) is 1.39. The highest BCUT2D eigenvalue weighted by atomic mass is 16.5. The summed E-state index contributed by atoms with van der Waals surface area (Å²) in [4.78, 5) is 13.2. The van der Waals surface area contributed by atoms with Gasteiger partial charge in [-0.15, -0.1) is 0 Å². The van der Waals surface area contributed by atoms with E-state index in [2.05, 4.69) is 15.5 Å². The summed E-state index contributed by atoms with van der Waals surface area (Å²) in [6, 6.07) is 9.33. The highest BCUT2D eigenvalue weighted by Crippen LogP contribution is 2.07. The number of carbonyl (C=O) groups excluding carboxylic acids is 1. The van der Waals surface area contributed by atoms with E-state index in [-0.39, 0.29) is 17.9 Å². The molecule has 2 aromatic rings. The Hall–Kier alpha value is -2.21. The number of methoxy groups -OCH3 is 1. The molecule has 1 atom stereocenters. The van der Waals surface area contributed by atoms with Crippen LogP contribution in [0.2, 0.25) is 0 Å². The topological polar surface area (TPSA) is 69.0 Å². The molecule has 0 saturated heterocycles. The summed E-state index contributed by atoms with van der Waals surface area (Å²) >= 11 is 0. The normalized spacial score (nSPS) is 12.4. The molecule has 21 heavy (non-hydrogen) atoms. The van der Waals surface area contributed by atoms with Gasteiger partial charge in [-0.1, -0.05) is 32.0 Å². The number of para-hydroxylation sites is 1. The fourth-order valence-electron chi connectivity index (χ4n) is 1.99. The van der Waals surface area contributed by atoms with Crippen molar-refractivity contribution in [3.05, 3.63) is 42.2 Å². The van der Waals surface area contributed by atoms with Crippen LogP contribution in [0.1, 0.15) is 19.5 Å². The average molecular weight is 288 g/mol. The van der Waals surface area contributed by atoms with Crippen molar-refractivity contribution in [2.24, 2.45) is 5.92 Å². The Balaban J connectivity index is 2.01. The standard InChI is InChI=1S/C15H20N4O2/c1-11(2)14(15(20)21-3)16-9-12-10-17-19(18-12)13-7-5-4-6-8-13/h4-8,10-11,14,16H,9H2,1-3H3/t14-/m0/s1. The van der Waals surface area contributed by atoms with Crippen molar-refractivity contribution in [1.29, 1.82) is 0 Å². The molecule has 0 amide bonds. The predicted octanol–water partition coefficient (Wildman–Crippen LogP) is 1.55. The minimum Gasteiger partial charge on any atom is -0.468 e. The highest BCUT2D eigenvalue weighted by Gasteiger charge is 2.22. The minimum absolute atomic E-state index is 0.140. The molecule has 0 spiro atoms. The molecule has 6 nitrogen and oxygen atoms in total. The maximum atomic E-state index is 11.7. The number of esters is 1. The maximum absolute atomic E-state index is 11.7. The van der Waals surface area contributed by atoms with Crippen molar-refractivity contribution in [2.75, 3.05) is 7.11 Å². The largest absolute Gasteiger partial charge is 0.468 e. The van der Waals surface area contributed by atoms with Crippen LogP contribution in [-0.2, 0) is 16.1 Å². The number of ether oxygens (including phenoxy) is 1. The molecule has 0 aliphatic rings. The lowest BCUT2D eigenvalue weighted by Gasteiger charge is -2.18. The molecule has 112 valence electrons. The Bertz CT molecular complexity index is 580. The van der Waals surface area contributed by atoms with Crippen LogP contribution in [0, 0.1) is 5.92 Å². The van der Waals surface area contributed by atoms with Crippen LogP contribution in [0.3, 0.4) is 0 Å². The first kappa shape index (κ1) is 15.2. The summed E-state index contributed by atoms with van der Waals surface area (Å²) < 4.78 is 4.79. The molecule has 0 saturated carbocycles. The van der Waals surface area contributed by atoms with E-state index in [0.29, 0.717) is 6.54 Å². The van der Waals surface area contributed by atoms with Crippen LogP contribution in [0.4, 0.5) is 0 Å². The van der Waals surface area contributed by atoms with Crippen LogP contribution in [-0.4, -0.2) is 34.1 Å². The second kappa shape index (κ2) is 6.99. The number of rotatable bonds is 6. The Labute approximate surface area is 124 Å². The number of nitrogens with one attached hydrogen (secondary N) is 1. The van der Waals surface area contributed by atoms with Crippen molar-refractivity contribution in [1.82, 2.24) is 20.3 Å². The third-order valence-electron chi connectivity index (χ3n) is 3.15. The van der Waals surface area contributed by atoms with Gasteiger partial charge in [0, 0.05) is 6.54 Å². The molecule has 0 radical (unpaired) electrons. The number of hydrogen-bond acceptors (Lipinski definition) is 5. The van der Waals surface area contributed by atoms with Gasteiger partial charge in [-0.25, -0.2) is 0 Å². The Morgan fingerprint density at radius 2 is 2.05 bits per heavy atom. The number of nitrogens with zero attached hydrogens (tertiary/aromatic N) is 3. The summed E-state index contributed by atoms with van der Waals surface area (Å²) in [6.07, 6.45) is 1.69. The van der Waals surface area contributed by atoms with E-state index in [1.54, 1.807) is 11.0 Å². The van der Waals surface area contributed by atoms with E-state index < -0.39 is 0 Å². The quantitative estimate of drug-likeness (QED) is 0.817. The van der Waals surface area contributed by atoms with Crippen LogP contribution in [0.5, 0.6) is 0 Å². The fraction of sp³-hybridized carbons (Fsp3) is 0.400. The van der Waals surface area contributed by atoms with Crippen molar-refractivity contribution in [2.45, 2.75) is 26.4 Å². The van der Waals surface area contributed by atoms with E-state index in [1.165, 1.54) is 7.11 Å². The molecular formula is C15H20N4O2. The van der Waals surface area contributed by atoms with Gasteiger partial charge in [0.1, 0.15) is 6.04 Å².